The Labute approximate surface area is 110 Å². The van der Waals surface area contributed by atoms with E-state index in [9.17, 15) is 4.79 Å². The number of nitrogens with one attached hydrogen (secondary N) is 1. The van der Waals surface area contributed by atoms with E-state index >= 15 is 0 Å². The molecule has 0 aliphatic carbocycles. The monoisotopic (exact) mass is 268 g/mol. The molecule has 1 aromatic carbocycles. The van der Waals surface area contributed by atoms with Crippen molar-refractivity contribution >= 4 is 29.0 Å². The summed E-state index contributed by atoms with van der Waals surface area (Å²) in [5.74, 6) is 0.955. The van der Waals surface area contributed by atoms with Crippen molar-refractivity contribution in [2.24, 2.45) is 0 Å². The van der Waals surface area contributed by atoms with Crippen molar-refractivity contribution in [3.8, 4) is 5.75 Å². The highest BCUT2D eigenvalue weighted by Gasteiger charge is 2.20. The van der Waals surface area contributed by atoms with Gasteiger partial charge in [0.15, 0.2) is 0 Å². The van der Waals surface area contributed by atoms with Crippen LogP contribution in [-0.2, 0) is 9.53 Å². The van der Waals surface area contributed by atoms with Crippen LogP contribution in [0, 0.1) is 0 Å². The number of amides is 1. The first kappa shape index (κ1) is 13.0. The molecule has 1 aromatic rings. The van der Waals surface area contributed by atoms with E-state index in [4.69, 9.17) is 15.2 Å². The summed E-state index contributed by atoms with van der Waals surface area (Å²) in [6.07, 6.45) is 0. The van der Waals surface area contributed by atoms with Gasteiger partial charge in [-0.25, -0.2) is 0 Å². The van der Waals surface area contributed by atoms with Crippen LogP contribution in [0.2, 0.25) is 0 Å². The second-order valence-corrected chi connectivity index (χ2v) is 5.27. The Kier molecular flexibility index (Phi) is 4.33. The Morgan fingerprint density at radius 1 is 1.61 bits per heavy atom. The number of thioether (sulfide) groups is 1. The summed E-state index contributed by atoms with van der Waals surface area (Å²) in [4.78, 5) is 11.8. The normalized spacial score (nSPS) is 14.9. The van der Waals surface area contributed by atoms with E-state index < -0.39 is 0 Å². The zero-order chi connectivity index (χ0) is 13.0. The second kappa shape index (κ2) is 5.97. The van der Waals surface area contributed by atoms with Gasteiger partial charge in [0.25, 0.3) is 0 Å². The number of carbonyl (C=O) groups excluding carboxylic acids is 1. The average Bonchev–Trinajstić information content (AvgIpc) is 2.27. The summed E-state index contributed by atoms with van der Waals surface area (Å²) in [5, 5.41) is 3.24. The topological polar surface area (TPSA) is 73.6 Å². The Balaban J connectivity index is 1.90. The van der Waals surface area contributed by atoms with Crippen LogP contribution in [0.25, 0.3) is 0 Å². The predicted molar refractivity (Wildman–Crippen MR) is 73.1 cm³/mol. The Bertz CT molecular complexity index is 435. The number of nitrogens with two attached hydrogens (primary N) is 1. The summed E-state index contributed by atoms with van der Waals surface area (Å²) in [6.45, 7) is 1.47. The lowest BCUT2D eigenvalue weighted by atomic mass is 10.2. The third-order valence-electron chi connectivity index (χ3n) is 2.56. The second-order valence-electron chi connectivity index (χ2n) is 3.98. The van der Waals surface area contributed by atoms with E-state index in [-0.39, 0.29) is 5.91 Å². The summed E-state index contributed by atoms with van der Waals surface area (Å²) in [7, 11) is 1.56. The number of rotatable bonds is 5. The van der Waals surface area contributed by atoms with Gasteiger partial charge < -0.3 is 20.5 Å². The van der Waals surface area contributed by atoms with Gasteiger partial charge in [0.05, 0.1) is 37.0 Å². The molecule has 0 bridgehead atoms. The molecule has 0 spiro atoms. The lowest BCUT2D eigenvalue weighted by Gasteiger charge is -2.24. The quantitative estimate of drug-likeness (QED) is 0.789. The zero-order valence-electron chi connectivity index (χ0n) is 10.1. The van der Waals surface area contributed by atoms with Crippen LogP contribution in [0.5, 0.6) is 5.75 Å². The molecule has 0 unspecified atom stereocenters. The average molecular weight is 268 g/mol. The molecule has 18 heavy (non-hydrogen) atoms. The molecule has 1 saturated heterocycles. The molecule has 0 radical (unpaired) electrons. The number of hydrogen-bond acceptors (Lipinski definition) is 5. The van der Waals surface area contributed by atoms with E-state index in [2.05, 4.69) is 5.32 Å². The first-order valence-corrected chi connectivity index (χ1v) is 6.66. The van der Waals surface area contributed by atoms with Crippen molar-refractivity contribution in [3.63, 3.8) is 0 Å². The number of ether oxygens (including phenoxy) is 2. The molecule has 2 rings (SSSR count). The molecule has 3 N–H and O–H groups in total. The molecular weight excluding hydrogens is 252 g/mol. The Morgan fingerprint density at radius 2 is 2.39 bits per heavy atom. The Morgan fingerprint density at radius 3 is 3.00 bits per heavy atom. The maximum atomic E-state index is 11.8. The van der Waals surface area contributed by atoms with Gasteiger partial charge in [0, 0.05) is 5.69 Å². The number of hydrogen-bond donors (Lipinski definition) is 2. The first-order valence-electron chi connectivity index (χ1n) is 5.61. The van der Waals surface area contributed by atoms with E-state index in [1.54, 1.807) is 37.1 Å². The number of anilines is 2. The molecule has 5 nitrogen and oxygen atoms in total. The van der Waals surface area contributed by atoms with Gasteiger partial charge in [0.2, 0.25) is 5.91 Å². The van der Waals surface area contributed by atoms with Crippen molar-refractivity contribution in [2.45, 2.75) is 5.25 Å². The van der Waals surface area contributed by atoms with Gasteiger partial charge in [-0.3, -0.25) is 4.79 Å². The van der Waals surface area contributed by atoms with Gasteiger partial charge in [-0.05, 0) is 18.2 Å². The van der Waals surface area contributed by atoms with Crippen LogP contribution < -0.4 is 15.8 Å². The van der Waals surface area contributed by atoms with E-state index in [1.165, 1.54) is 0 Å². The predicted octanol–water partition coefficient (Wildman–Crippen LogP) is 1.35. The standard InChI is InChI=1S/C12H16N2O3S/c1-16-11-3-2-8(13)4-10(11)14-12(15)7-18-9-5-17-6-9/h2-4,9H,5-7,13H2,1H3,(H,14,15). The zero-order valence-corrected chi connectivity index (χ0v) is 11.0. The fraction of sp³-hybridized carbons (Fsp3) is 0.417. The minimum Gasteiger partial charge on any atom is -0.495 e. The fourth-order valence-electron chi connectivity index (χ4n) is 1.51. The molecular formula is C12H16N2O3S. The molecule has 0 atom stereocenters. The van der Waals surface area contributed by atoms with Gasteiger partial charge in [-0.2, -0.15) is 0 Å². The molecule has 6 heteroatoms. The van der Waals surface area contributed by atoms with Crippen LogP contribution >= 0.6 is 11.8 Å². The highest BCUT2D eigenvalue weighted by molar-refractivity contribution is 8.00. The number of nitrogen functional groups attached to an aromatic ring is 1. The molecule has 98 valence electrons. The fourth-order valence-corrected chi connectivity index (χ4v) is 2.36. The maximum absolute atomic E-state index is 11.8. The van der Waals surface area contributed by atoms with Crippen molar-refractivity contribution in [1.29, 1.82) is 0 Å². The summed E-state index contributed by atoms with van der Waals surface area (Å²) in [6, 6.07) is 5.15. The smallest absolute Gasteiger partial charge is 0.234 e. The van der Waals surface area contributed by atoms with Crippen molar-refractivity contribution in [2.75, 3.05) is 37.1 Å². The molecule has 1 amide bonds. The van der Waals surface area contributed by atoms with Crippen LogP contribution in [0.4, 0.5) is 11.4 Å². The van der Waals surface area contributed by atoms with Crippen molar-refractivity contribution < 1.29 is 14.3 Å². The minimum atomic E-state index is -0.0594. The summed E-state index contributed by atoms with van der Waals surface area (Å²) >= 11 is 1.60. The Hall–Kier alpha value is -1.40. The van der Waals surface area contributed by atoms with Crippen LogP contribution in [0.15, 0.2) is 18.2 Å². The lowest BCUT2D eigenvalue weighted by molar-refractivity contribution is -0.113. The van der Waals surface area contributed by atoms with Gasteiger partial charge in [0.1, 0.15) is 5.75 Å². The number of benzene rings is 1. The minimum absolute atomic E-state index is 0.0594. The van der Waals surface area contributed by atoms with E-state index in [0.717, 1.165) is 13.2 Å². The maximum Gasteiger partial charge on any atom is 0.234 e. The van der Waals surface area contributed by atoms with E-state index in [1.807, 2.05) is 0 Å². The number of carbonyl (C=O) groups is 1. The SMILES string of the molecule is COc1ccc(N)cc1NC(=O)CSC1COC1. The van der Waals surface area contributed by atoms with Gasteiger partial charge in [-0.1, -0.05) is 0 Å². The summed E-state index contributed by atoms with van der Waals surface area (Å²) in [5.41, 5.74) is 6.88. The highest BCUT2D eigenvalue weighted by atomic mass is 32.2. The molecule has 1 aliphatic heterocycles. The van der Waals surface area contributed by atoms with E-state index in [0.29, 0.717) is 28.1 Å². The van der Waals surface area contributed by atoms with Gasteiger partial charge >= 0.3 is 0 Å². The number of methoxy groups -OCH3 is 1. The third-order valence-corrected chi connectivity index (χ3v) is 3.73. The highest BCUT2D eigenvalue weighted by Crippen LogP contribution is 2.27. The van der Waals surface area contributed by atoms with Crippen LogP contribution in [-0.4, -0.2) is 37.2 Å². The molecule has 1 fully saturated rings. The lowest BCUT2D eigenvalue weighted by Crippen LogP contribution is -2.32. The largest absolute Gasteiger partial charge is 0.495 e. The summed E-state index contributed by atoms with van der Waals surface area (Å²) < 4.78 is 10.2. The molecule has 1 aliphatic rings. The first-order chi connectivity index (χ1) is 8.69. The van der Waals surface area contributed by atoms with Crippen LogP contribution in [0.1, 0.15) is 0 Å². The molecule has 0 saturated carbocycles. The molecule has 0 aromatic heterocycles. The van der Waals surface area contributed by atoms with Crippen molar-refractivity contribution in [1.82, 2.24) is 0 Å². The van der Waals surface area contributed by atoms with Crippen molar-refractivity contribution in [3.05, 3.63) is 18.2 Å². The molecule has 1 heterocycles. The van der Waals surface area contributed by atoms with Gasteiger partial charge in [-0.15, -0.1) is 11.8 Å². The van der Waals surface area contributed by atoms with Crippen LogP contribution in [0.3, 0.4) is 0 Å². The third kappa shape index (κ3) is 3.30.